The number of aromatic hydroxyl groups is 1. The number of methoxy groups -OCH3 is 1. The maximum Gasteiger partial charge on any atom is 0.336 e. The van der Waals surface area contributed by atoms with Gasteiger partial charge in [-0.05, 0) is 60.1 Å². The molecule has 0 aromatic heterocycles. The average Bonchev–Trinajstić information content (AvgIpc) is 2.91. The third kappa shape index (κ3) is 11.9. The van der Waals surface area contributed by atoms with Crippen molar-refractivity contribution in [2.45, 2.75) is 58.8 Å². The van der Waals surface area contributed by atoms with Crippen LogP contribution in [0.4, 0.5) is 0 Å². The van der Waals surface area contributed by atoms with Crippen molar-refractivity contribution in [2.24, 2.45) is 0 Å². The Balaban J connectivity index is 0.000000488. The van der Waals surface area contributed by atoms with E-state index in [9.17, 15) is 9.59 Å². The van der Waals surface area contributed by atoms with E-state index in [4.69, 9.17) is 19.3 Å². The lowest BCUT2D eigenvalue weighted by Gasteiger charge is -2.11. The molecule has 7 nitrogen and oxygen atoms in total. The third-order valence-electron chi connectivity index (χ3n) is 5.78. The molecule has 2 atom stereocenters. The summed E-state index contributed by atoms with van der Waals surface area (Å²) in [6.07, 6.45) is 2.29. The monoisotopic (exact) mass is 500 g/mol. The highest BCUT2D eigenvalue weighted by atomic mass is 16.7. The first-order valence-corrected chi connectivity index (χ1v) is 12.2. The molecule has 0 saturated heterocycles. The summed E-state index contributed by atoms with van der Waals surface area (Å²) < 4.78 is 20.0. The maximum absolute atomic E-state index is 11.5. The largest absolute Gasteiger partial charge is 0.508 e. The van der Waals surface area contributed by atoms with Gasteiger partial charge in [0, 0.05) is 0 Å². The smallest absolute Gasteiger partial charge is 0.336 e. The van der Waals surface area contributed by atoms with E-state index in [-0.39, 0.29) is 32.0 Å². The third-order valence-corrected chi connectivity index (χ3v) is 5.78. The standard InChI is InChI=1S/C19H26O6.C10H14O/c1-5-14(2)16-6-8-17(9-7-16)25-13-23-11-10-18(20)24-12-15(3)19(21)22-4;1-3-8(2)9-4-6-10(11)7-5-9/h6-9,14H,3,5,10-13H2,1-2,4H3;4-8,11H,3H2,1-2H3. The zero-order chi connectivity index (χ0) is 26.9. The van der Waals surface area contributed by atoms with Gasteiger partial charge < -0.3 is 24.1 Å². The number of esters is 2. The van der Waals surface area contributed by atoms with E-state index in [0.29, 0.717) is 23.3 Å². The molecule has 2 aromatic rings. The van der Waals surface area contributed by atoms with E-state index < -0.39 is 11.9 Å². The fraction of sp³-hybridized carbons (Fsp3) is 0.448. The molecule has 0 aliphatic carbocycles. The minimum atomic E-state index is -0.600. The molecule has 2 aromatic carbocycles. The van der Waals surface area contributed by atoms with Crippen LogP contribution in [0.1, 0.15) is 69.9 Å². The van der Waals surface area contributed by atoms with Gasteiger partial charge in [0.1, 0.15) is 18.1 Å². The number of ether oxygens (including phenoxy) is 4. The van der Waals surface area contributed by atoms with Gasteiger partial charge in [-0.1, -0.05) is 58.5 Å². The van der Waals surface area contributed by atoms with Crippen LogP contribution < -0.4 is 4.74 Å². The first-order chi connectivity index (χ1) is 17.2. The Hall–Kier alpha value is -3.32. The Bertz CT molecular complexity index is 920. The van der Waals surface area contributed by atoms with Gasteiger partial charge in [0.2, 0.25) is 0 Å². The second kappa shape index (κ2) is 17.2. The van der Waals surface area contributed by atoms with Crippen molar-refractivity contribution >= 4 is 11.9 Å². The van der Waals surface area contributed by atoms with Crippen LogP contribution in [0.25, 0.3) is 0 Å². The van der Waals surface area contributed by atoms with Crippen LogP contribution in [-0.4, -0.2) is 44.2 Å². The Kier molecular flexibility index (Phi) is 14.6. The highest BCUT2D eigenvalue weighted by Crippen LogP contribution is 2.22. The molecular weight excluding hydrogens is 460 g/mol. The molecule has 0 spiro atoms. The normalized spacial score (nSPS) is 11.9. The Labute approximate surface area is 215 Å². The molecule has 0 fully saturated rings. The van der Waals surface area contributed by atoms with Crippen LogP contribution in [0.3, 0.4) is 0 Å². The second-order valence-corrected chi connectivity index (χ2v) is 8.46. The molecule has 0 saturated carbocycles. The van der Waals surface area contributed by atoms with Crippen LogP contribution in [0, 0.1) is 0 Å². The number of hydrogen-bond donors (Lipinski definition) is 1. The topological polar surface area (TPSA) is 91.3 Å². The average molecular weight is 501 g/mol. The molecule has 2 rings (SSSR count). The van der Waals surface area contributed by atoms with Crippen molar-refractivity contribution in [1.29, 1.82) is 0 Å². The lowest BCUT2D eigenvalue weighted by molar-refractivity contribution is -0.145. The molecule has 2 unspecified atom stereocenters. The highest BCUT2D eigenvalue weighted by Gasteiger charge is 2.10. The van der Waals surface area contributed by atoms with Crippen molar-refractivity contribution in [3.05, 3.63) is 71.8 Å². The second-order valence-electron chi connectivity index (χ2n) is 8.46. The maximum atomic E-state index is 11.5. The van der Waals surface area contributed by atoms with E-state index in [2.05, 4.69) is 39.0 Å². The number of phenols is 1. The quantitative estimate of drug-likeness (QED) is 0.153. The van der Waals surface area contributed by atoms with Gasteiger partial charge in [0.25, 0.3) is 0 Å². The summed E-state index contributed by atoms with van der Waals surface area (Å²) in [5, 5.41) is 9.01. The van der Waals surface area contributed by atoms with Crippen molar-refractivity contribution in [3.63, 3.8) is 0 Å². The van der Waals surface area contributed by atoms with Crippen LogP contribution >= 0.6 is 0 Å². The SMILES string of the molecule is C=C(COC(=O)CCOCOc1ccc(C(C)CC)cc1)C(=O)OC.CCC(C)c1ccc(O)cc1. The van der Waals surface area contributed by atoms with Crippen molar-refractivity contribution in [3.8, 4) is 11.5 Å². The first-order valence-electron chi connectivity index (χ1n) is 12.2. The molecular formula is C29H40O7. The van der Waals surface area contributed by atoms with Crippen molar-refractivity contribution in [2.75, 3.05) is 27.1 Å². The Morgan fingerprint density at radius 3 is 1.94 bits per heavy atom. The molecule has 7 heteroatoms. The predicted octanol–water partition coefficient (Wildman–Crippen LogP) is 6.12. The molecule has 0 bridgehead atoms. The molecule has 0 amide bonds. The van der Waals surface area contributed by atoms with Crippen LogP contribution in [0.5, 0.6) is 11.5 Å². The fourth-order valence-electron chi connectivity index (χ4n) is 2.93. The first kappa shape index (κ1) is 30.7. The summed E-state index contributed by atoms with van der Waals surface area (Å²) in [4.78, 5) is 22.6. The predicted molar refractivity (Wildman–Crippen MR) is 140 cm³/mol. The lowest BCUT2D eigenvalue weighted by Crippen LogP contribution is -2.15. The van der Waals surface area contributed by atoms with Gasteiger partial charge >= 0.3 is 11.9 Å². The fourth-order valence-corrected chi connectivity index (χ4v) is 2.93. The van der Waals surface area contributed by atoms with Crippen molar-refractivity contribution in [1.82, 2.24) is 0 Å². The van der Waals surface area contributed by atoms with E-state index in [0.717, 1.165) is 12.8 Å². The molecule has 1 N–H and O–H groups in total. The summed E-state index contributed by atoms with van der Waals surface area (Å²) in [6, 6.07) is 15.3. The summed E-state index contributed by atoms with van der Waals surface area (Å²) in [7, 11) is 1.24. The molecule has 36 heavy (non-hydrogen) atoms. The van der Waals surface area contributed by atoms with Gasteiger partial charge in [0.05, 0.1) is 25.7 Å². The number of phenolic OH excluding ortho intramolecular Hbond substituents is 1. The molecule has 0 aliphatic rings. The zero-order valence-corrected chi connectivity index (χ0v) is 22.1. The van der Waals surface area contributed by atoms with E-state index in [1.54, 1.807) is 12.1 Å². The lowest BCUT2D eigenvalue weighted by atomic mass is 9.99. The molecule has 0 radical (unpaired) electrons. The summed E-state index contributed by atoms with van der Waals surface area (Å²) in [6.45, 7) is 12.2. The Morgan fingerprint density at radius 1 is 0.917 bits per heavy atom. The summed E-state index contributed by atoms with van der Waals surface area (Å²) in [5.74, 6) is 1.09. The molecule has 0 aliphatic heterocycles. The van der Waals surface area contributed by atoms with Gasteiger partial charge in [-0.15, -0.1) is 0 Å². The van der Waals surface area contributed by atoms with Crippen LogP contribution in [-0.2, 0) is 23.8 Å². The number of carbonyl (C=O) groups excluding carboxylic acids is 2. The van der Waals surface area contributed by atoms with E-state index in [1.807, 2.05) is 36.4 Å². The van der Waals surface area contributed by atoms with Gasteiger partial charge in [-0.2, -0.15) is 0 Å². The molecule has 0 heterocycles. The van der Waals surface area contributed by atoms with E-state index in [1.165, 1.54) is 18.2 Å². The summed E-state index contributed by atoms with van der Waals surface area (Å²) >= 11 is 0. The zero-order valence-electron chi connectivity index (χ0n) is 22.1. The Morgan fingerprint density at radius 2 is 1.44 bits per heavy atom. The minimum Gasteiger partial charge on any atom is -0.508 e. The number of rotatable bonds is 13. The summed E-state index contributed by atoms with van der Waals surface area (Å²) in [5.41, 5.74) is 2.65. The van der Waals surface area contributed by atoms with Gasteiger partial charge in [-0.3, -0.25) is 4.79 Å². The minimum absolute atomic E-state index is 0.0465. The van der Waals surface area contributed by atoms with Crippen molar-refractivity contribution < 1.29 is 33.6 Å². The molecule has 198 valence electrons. The highest BCUT2D eigenvalue weighted by molar-refractivity contribution is 5.88. The number of benzene rings is 2. The van der Waals surface area contributed by atoms with E-state index >= 15 is 0 Å². The number of hydrogen-bond acceptors (Lipinski definition) is 7. The van der Waals surface area contributed by atoms with Gasteiger partial charge in [-0.25, -0.2) is 4.79 Å². The number of carbonyl (C=O) groups is 2. The van der Waals surface area contributed by atoms with Crippen LogP contribution in [0.15, 0.2) is 60.7 Å². The van der Waals surface area contributed by atoms with Gasteiger partial charge in [0.15, 0.2) is 6.79 Å². The van der Waals surface area contributed by atoms with Crippen LogP contribution in [0.2, 0.25) is 0 Å².